The van der Waals surface area contributed by atoms with Gasteiger partial charge in [0.1, 0.15) is 0 Å². The van der Waals surface area contributed by atoms with Gasteiger partial charge in [0.05, 0.1) is 13.2 Å². The molecule has 40 valence electrons. The van der Waals surface area contributed by atoms with Gasteiger partial charge >= 0.3 is 0 Å². The van der Waals surface area contributed by atoms with Gasteiger partial charge in [-0.25, -0.2) is 0 Å². The molecule has 2 heteroatoms. The summed E-state index contributed by atoms with van der Waals surface area (Å²) in [4.78, 5) is 0.807. The molecular formula is C5H7BrO. The van der Waals surface area contributed by atoms with Gasteiger partial charge in [0, 0.05) is 16.7 Å². The number of rotatable bonds is 0. The molecule has 1 saturated heterocycles. The van der Waals surface area contributed by atoms with E-state index < -0.39 is 0 Å². The van der Waals surface area contributed by atoms with E-state index in [4.69, 9.17) is 4.74 Å². The maximum Gasteiger partial charge on any atom is 0.0509 e. The molecule has 0 aromatic carbocycles. The average Bonchev–Trinajstić information content (AvgIpc) is 2.26. The number of ether oxygens (including phenoxy) is 1. The van der Waals surface area contributed by atoms with E-state index in [1.54, 1.807) is 0 Å². The van der Waals surface area contributed by atoms with Crippen LogP contribution in [0.2, 0.25) is 0 Å². The van der Waals surface area contributed by atoms with Crippen molar-refractivity contribution in [2.75, 3.05) is 13.2 Å². The Morgan fingerprint density at radius 1 is 1.29 bits per heavy atom. The number of alkyl halides is 1. The highest BCUT2D eigenvalue weighted by atomic mass is 79.9. The third kappa shape index (κ3) is 0.470. The van der Waals surface area contributed by atoms with Crippen molar-refractivity contribution >= 4 is 15.9 Å². The Labute approximate surface area is 51.2 Å². The summed E-state index contributed by atoms with van der Waals surface area (Å²) < 4.78 is 5.15. The van der Waals surface area contributed by atoms with Gasteiger partial charge in [-0.3, -0.25) is 0 Å². The SMILES string of the molecule is BrC1C2COCC12. The van der Waals surface area contributed by atoms with E-state index in [1.807, 2.05) is 0 Å². The van der Waals surface area contributed by atoms with E-state index in [9.17, 15) is 0 Å². The van der Waals surface area contributed by atoms with Crippen LogP contribution in [0.5, 0.6) is 0 Å². The topological polar surface area (TPSA) is 9.23 Å². The fraction of sp³-hybridized carbons (Fsp3) is 1.00. The highest BCUT2D eigenvalue weighted by Crippen LogP contribution is 2.49. The lowest BCUT2D eigenvalue weighted by molar-refractivity contribution is 0.167. The van der Waals surface area contributed by atoms with Crippen LogP contribution in [-0.4, -0.2) is 18.0 Å². The first-order chi connectivity index (χ1) is 3.39. The summed E-state index contributed by atoms with van der Waals surface area (Å²) in [6, 6.07) is 0. The third-order valence-corrected chi connectivity index (χ3v) is 3.21. The van der Waals surface area contributed by atoms with Crippen LogP contribution >= 0.6 is 15.9 Å². The Bertz CT molecular complexity index is 84.1. The molecule has 2 rings (SSSR count). The normalized spacial score (nSPS) is 57.0. The van der Waals surface area contributed by atoms with Crippen molar-refractivity contribution in [3.63, 3.8) is 0 Å². The van der Waals surface area contributed by atoms with Crippen LogP contribution in [0.1, 0.15) is 0 Å². The smallest absolute Gasteiger partial charge is 0.0509 e. The van der Waals surface area contributed by atoms with Gasteiger partial charge in [-0.15, -0.1) is 0 Å². The molecule has 0 aromatic heterocycles. The van der Waals surface area contributed by atoms with E-state index in [1.165, 1.54) is 0 Å². The molecule has 2 fully saturated rings. The minimum absolute atomic E-state index is 0.807. The molecule has 1 aliphatic carbocycles. The van der Waals surface area contributed by atoms with E-state index in [2.05, 4.69) is 15.9 Å². The highest BCUT2D eigenvalue weighted by Gasteiger charge is 2.52. The molecule has 1 aliphatic heterocycles. The quantitative estimate of drug-likeness (QED) is 0.484. The average molecular weight is 163 g/mol. The number of halogens is 1. The van der Waals surface area contributed by atoms with Crippen molar-refractivity contribution in [2.24, 2.45) is 11.8 Å². The first-order valence-corrected chi connectivity index (χ1v) is 3.53. The number of hydrogen-bond donors (Lipinski definition) is 0. The van der Waals surface area contributed by atoms with Crippen molar-refractivity contribution < 1.29 is 4.74 Å². The standard InChI is InChI=1S/C5H7BrO/c6-5-3-1-7-2-4(3)5/h3-5H,1-2H2. The molecule has 2 atom stereocenters. The third-order valence-electron chi connectivity index (χ3n) is 1.85. The zero-order valence-electron chi connectivity index (χ0n) is 3.93. The van der Waals surface area contributed by atoms with Gasteiger partial charge in [-0.1, -0.05) is 15.9 Å². The van der Waals surface area contributed by atoms with Gasteiger partial charge in [-0.05, 0) is 0 Å². The summed E-state index contributed by atoms with van der Waals surface area (Å²) in [5, 5.41) is 0. The summed E-state index contributed by atoms with van der Waals surface area (Å²) in [7, 11) is 0. The van der Waals surface area contributed by atoms with Gasteiger partial charge in [-0.2, -0.15) is 0 Å². The maximum absolute atomic E-state index is 5.15. The first-order valence-electron chi connectivity index (χ1n) is 2.61. The molecule has 1 nitrogen and oxygen atoms in total. The van der Waals surface area contributed by atoms with Crippen molar-refractivity contribution in [1.82, 2.24) is 0 Å². The molecule has 1 heterocycles. The Kier molecular flexibility index (Phi) is 0.762. The lowest BCUT2D eigenvalue weighted by atomic mass is 10.4. The van der Waals surface area contributed by atoms with Crippen molar-refractivity contribution in [1.29, 1.82) is 0 Å². The molecule has 0 spiro atoms. The molecule has 1 saturated carbocycles. The molecule has 2 unspecified atom stereocenters. The molecule has 2 aliphatic rings. The van der Waals surface area contributed by atoms with Crippen LogP contribution in [0.3, 0.4) is 0 Å². The number of hydrogen-bond acceptors (Lipinski definition) is 1. The lowest BCUT2D eigenvalue weighted by Crippen LogP contribution is -1.94. The lowest BCUT2D eigenvalue weighted by Gasteiger charge is -1.92. The van der Waals surface area contributed by atoms with Crippen molar-refractivity contribution in [3.8, 4) is 0 Å². The second-order valence-electron chi connectivity index (χ2n) is 2.31. The predicted molar refractivity (Wildman–Crippen MR) is 30.5 cm³/mol. The zero-order valence-corrected chi connectivity index (χ0v) is 5.52. The van der Waals surface area contributed by atoms with Crippen LogP contribution in [-0.2, 0) is 4.74 Å². The summed E-state index contributed by atoms with van der Waals surface area (Å²) >= 11 is 3.55. The largest absolute Gasteiger partial charge is 0.381 e. The summed E-state index contributed by atoms with van der Waals surface area (Å²) in [5.41, 5.74) is 0. The van der Waals surface area contributed by atoms with Crippen molar-refractivity contribution in [3.05, 3.63) is 0 Å². The first kappa shape index (κ1) is 4.33. The monoisotopic (exact) mass is 162 g/mol. The van der Waals surface area contributed by atoms with Crippen LogP contribution < -0.4 is 0 Å². The summed E-state index contributed by atoms with van der Waals surface area (Å²) in [6.45, 7) is 2.00. The molecule has 0 bridgehead atoms. The molecule has 0 amide bonds. The molecule has 0 aromatic rings. The van der Waals surface area contributed by atoms with Crippen molar-refractivity contribution in [2.45, 2.75) is 4.83 Å². The molecule has 0 radical (unpaired) electrons. The zero-order chi connectivity index (χ0) is 4.85. The summed E-state index contributed by atoms with van der Waals surface area (Å²) in [5.74, 6) is 1.75. The second kappa shape index (κ2) is 1.23. The predicted octanol–water partition coefficient (Wildman–Crippen LogP) is 1.03. The molecular weight excluding hydrogens is 156 g/mol. The van der Waals surface area contributed by atoms with E-state index >= 15 is 0 Å². The minimum Gasteiger partial charge on any atom is -0.381 e. The fourth-order valence-electron chi connectivity index (χ4n) is 1.17. The summed E-state index contributed by atoms with van der Waals surface area (Å²) in [6.07, 6.45) is 0. The Hall–Kier alpha value is 0.440. The van der Waals surface area contributed by atoms with Crippen LogP contribution in [0.25, 0.3) is 0 Å². The van der Waals surface area contributed by atoms with E-state index in [-0.39, 0.29) is 0 Å². The van der Waals surface area contributed by atoms with Crippen LogP contribution in [0, 0.1) is 11.8 Å². The Balaban J connectivity index is 2.06. The maximum atomic E-state index is 5.15. The second-order valence-corrected chi connectivity index (χ2v) is 3.37. The molecule has 0 N–H and O–H groups in total. The van der Waals surface area contributed by atoms with Gasteiger partial charge < -0.3 is 4.74 Å². The van der Waals surface area contributed by atoms with Crippen LogP contribution in [0.4, 0.5) is 0 Å². The van der Waals surface area contributed by atoms with Crippen LogP contribution in [0.15, 0.2) is 0 Å². The van der Waals surface area contributed by atoms with E-state index in [0.717, 1.165) is 29.9 Å². The fourth-order valence-corrected chi connectivity index (χ4v) is 2.08. The van der Waals surface area contributed by atoms with Gasteiger partial charge in [0.2, 0.25) is 0 Å². The van der Waals surface area contributed by atoms with E-state index in [0.29, 0.717) is 0 Å². The minimum atomic E-state index is 0.807. The highest BCUT2D eigenvalue weighted by molar-refractivity contribution is 9.09. The molecule has 7 heavy (non-hydrogen) atoms. The Morgan fingerprint density at radius 2 is 1.86 bits per heavy atom. The van der Waals surface area contributed by atoms with Gasteiger partial charge in [0.25, 0.3) is 0 Å². The van der Waals surface area contributed by atoms with Gasteiger partial charge in [0.15, 0.2) is 0 Å². The Morgan fingerprint density at radius 3 is 2.14 bits per heavy atom. The number of fused-ring (bicyclic) bond motifs is 1.